The lowest BCUT2D eigenvalue weighted by Crippen LogP contribution is -1.94. The molecule has 14 aromatic rings. The third-order valence-electron chi connectivity index (χ3n) is 12.6. The molecule has 4 aromatic heterocycles. The SMILES string of the molecule is c1ccc2cc3c(cc2c1)[nH]c1cc2c(cc13)c1cc3ccccc3cc1n2-c1ccc2ccc3[nH]c4cc5c(cc4c3c2c1)[nH]c1ccc2ccccc2c15. The fourth-order valence-electron chi connectivity index (χ4n) is 10.1. The van der Waals surface area contributed by atoms with Crippen LogP contribution < -0.4 is 0 Å². The van der Waals surface area contributed by atoms with Gasteiger partial charge in [0.1, 0.15) is 0 Å². The molecule has 0 saturated carbocycles. The summed E-state index contributed by atoms with van der Waals surface area (Å²) >= 11 is 0. The van der Waals surface area contributed by atoms with Gasteiger partial charge in [0.2, 0.25) is 0 Å². The number of hydrogen-bond acceptors (Lipinski definition) is 0. The minimum absolute atomic E-state index is 1.14. The number of aromatic nitrogens is 4. The highest BCUT2D eigenvalue weighted by molar-refractivity contribution is 6.27. The molecule has 56 heavy (non-hydrogen) atoms. The summed E-state index contributed by atoms with van der Waals surface area (Å²) in [6.07, 6.45) is 0. The molecule has 14 rings (SSSR count). The van der Waals surface area contributed by atoms with Gasteiger partial charge < -0.3 is 19.5 Å². The van der Waals surface area contributed by atoms with E-state index < -0.39 is 0 Å². The number of rotatable bonds is 1. The van der Waals surface area contributed by atoms with Crippen molar-refractivity contribution in [2.75, 3.05) is 0 Å². The molecule has 258 valence electrons. The van der Waals surface area contributed by atoms with Gasteiger partial charge in [0.05, 0.1) is 11.0 Å². The predicted octanol–water partition coefficient (Wildman–Crippen LogP) is 14.3. The van der Waals surface area contributed by atoms with Crippen LogP contribution in [0.3, 0.4) is 0 Å². The zero-order valence-corrected chi connectivity index (χ0v) is 30.0. The molecule has 0 amide bonds. The van der Waals surface area contributed by atoms with Gasteiger partial charge in [-0.15, -0.1) is 0 Å². The summed E-state index contributed by atoms with van der Waals surface area (Å²) in [5.41, 5.74) is 10.5. The maximum Gasteiger partial charge on any atom is 0.0562 e. The maximum atomic E-state index is 3.82. The highest BCUT2D eigenvalue weighted by atomic mass is 15.0. The van der Waals surface area contributed by atoms with Crippen LogP contribution in [0, 0.1) is 0 Å². The average molecular weight is 711 g/mol. The first-order valence-corrected chi connectivity index (χ1v) is 19.3. The minimum atomic E-state index is 1.14. The van der Waals surface area contributed by atoms with Gasteiger partial charge in [0.25, 0.3) is 0 Å². The summed E-state index contributed by atoms with van der Waals surface area (Å²) in [4.78, 5) is 11.4. The number of nitrogens with one attached hydrogen (secondary N) is 3. The standard InChI is InChI=1S/C52H30N4/c1-3-10-32-21-45-37(19-30(32)8-1)38-24-40-39-20-31-9-2-4-11-33(31)22-49(39)56(50(40)27-48(38)55-45)34-16-13-29-15-18-44-52(36(29)23-34)42-26-46-41(25-47(42)54-44)51-35-12-6-5-7-28(35)14-17-43(51)53-46/h1-27,53-55H. The fourth-order valence-corrected chi connectivity index (χ4v) is 10.1. The molecular weight excluding hydrogens is 681 g/mol. The van der Waals surface area contributed by atoms with E-state index in [1.807, 2.05) is 0 Å². The van der Waals surface area contributed by atoms with Crippen LogP contribution in [0.25, 0.3) is 136 Å². The van der Waals surface area contributed by atoms with E-state index in [0.717, 1.165) is 33.3 Å². The van der Waals surface area contributed by atoms with Crippen molar-refractivity contribution in [1.29, 1.82) is 0 Å². The highest BCUT2D eigenvalue weighted by Crippen LogP contribution is 2.42. The third kappa shape index (κ3) is 3.73. The molecule has 0 spiro atoms. The zero-order valence-electron chi connectivity index (χ0n) is 30.0. The first kappa shape index (κ1) is 28.9. The Morgan fingerprint density at radius 1 is 0.268 bits per heavy atom. The van der Waals surface area contributed by atoms with Gasteiger partial charge in [0, 0.05) is 81.9 Å². The second kappa shape index (κ2) is 10.1. The molecule has 4 heterocycles. The van der Waals surface area contributed by atoms with E-state index in [1.165, 1.54) is 103 Å². The Labute approximate surface area is 318 Å². The van der Waals surface area contributed by atoms with Crippen LogP contribution in [0.1, 0.15) is 0 Å². The topological polar surface area (TPSA) is 52.3 Å². The van der Waals surface area contributed by atoms with Crippen molar-refractivity contribution in [3.63, 3.8) is 0 Å². The second-order valence-electron chi connectivity index (χ2n) is 15.6. The van der Waals surface area contributed by atoms with E-state index in [4.69, 9.17) is 0 Å². The van der Waals surface area contributed by atoms with Crippen LogP contribution in [0.15, 0.2) is 164 Å². The Hall–Kier alpha value is -7.56. The van der Waals surface area contributed by atoms with Gasteiger partial charge >= 0.3 is 0 Å². The number of benzene rings is 10. The molecule has 4 heteroatoms. The van der Waals surface area contributed by atoms with Crippen molar-refractivity contribution in [2.45, 2.75) is 0 Å². The Bertz CT molecular complexity index is 4060. The lowest BCUT2D eigenvalue weighted by atomic mass is 10.0. The average Bonchev–Trinajstić information content (AvgIpc) is 3.98. The Kier molecular flexibility index (Phi) is 5.23. The molecule has 0 aliphatic carbocycles. The van der Waals surface area contributed by atoms with E-state index in [9.17, 15) is 0 Å². The van der Waals surface area contributed by atoms with Gasteiger partial charge in [-0.2, -0.15) is 0 Å². The quantitative estimate of drug-likeness (QED) is 0.152. The Morgan fingerprint density at radius 2 is 0.750 bits per heavy atom. The molecule has 10 aromatic carbocycles. The van der Waals surface area contributed by atoms with Gasteiger partial charge in [-0.3, -0.25) is 0 Å². The molecule has 0 aliphatic heterocycles. The third-order valence-corrected chi connectivity index (χ3v) is 12.6. The van der Waals surface area contributed by atoms with Crippen molar-refractivity contribution < 1.29 is 0 Å². The van der Waals surface area contributed by atoms with Gasteiger partial charge in [-0.1, -0.05) is 91.0 Å². The van der Waals surface area contributed by atoms with Gasteiger partial charge in [-0.25, -0.2) is 0 Å². The summed E-state index contributed by atoms with van der Waals surface area (Å²) in [6.45, 7) is 0. The van der Waals surface area contributed by atoms with Crippen LogP contribution in [0.2, 0.25) is 0 Å². The highest BCUT2D eigenvalue weighted by Gasteiger charge is 2.19. The molecular formula is C52H30N4. The normalized spacial score (nSPS) is 12.6. The van der Waals surface area contributed by atoms with Crippen LogP contribution in [-0.2, 0) is 0 Å². The largest absolute Gasteiger partial charge is 0.354 e. The molecule has 0 fully saturated rings. The molecule has 4 nitrogen and oxygen atoms in total. The van der Waals surface area contributed by atoms with E-state index in [2.05, 4.69) is 183 Å². The van der Waals surface area contributed by atoms with Gasteiger partial charge in [0.15, 0.2) is 0 Å². The molecule has 0 radical (unpaired) electrons. The van der Waals surface area contributed by atoms with E-state index in [-0.39, 0.29) is 0 Å². The monoisotopic (exact) mass is 710 g/mol. The first-order chi connectivity index (χ1) is 27.7. The molecule has 0 bridgehead atoms. The van der Waals surface area contributed by atoms with Crippen LogP contribution in [-0.4, -0.2) is 19.5 Å². The number of aromatic amines is 3. The Morgan fingerprint density at radius 3 is 1.48 bits per heavy atom. The number of H-pyrrole nitrogens is 3. The minimum Gasteiger partial charge on any atom is -0.354 e. The molecule has 3 N–H and O–H groups in total. The zero-order chi connectivity index (χ0) is 36.2. The summed E-state index contributed by atoms with van der Waals surface area (Å²) in [6, 6.07) is 60.8. The molecule has 0 saturated heterocycles. The second-order valence-corrected chi connectivity index (χ2v) is 15.6. The maximum absolute atomic E-state index is 3.82. The van der Waals surface area contributed by atoms with E-state index >= 15 is 0 Å². The van der Waals surface area contributed by atoms with Crippen molar-refractivity contribution in [2.24, 2.45) is 0 Å². The lowest BCUT2D eigenvalue weighted by molar-refractivity contribution is 1.19. The predicted molar refractivity (Wildman–Crippen MR) is 239 cm³/mol. The van der Waals surface area contributed by atoms with Crippen molar-refractivity contribution >= 4 is 130 Å². The van der Waals surface area contributed by atoms with Crippen LogP contribution in [0.5, 0.6) is 0 Å². The molecule has 0 atom stereocenters. The fraction of sp³-hybridized carbons (Fsp3) is 0. The van der Waals surface area contributed by atoms with E-state index in [0.29, 0.717) is 0 Å². The number of hydrogen-bond donors (Lipinski definition) is 3. The summed E-state index contributed by atoms with van der Waals surface area (Å²) in [7, 11) is 0. The summed E-state index contributed by atoms with van der Waals surface area (Å²) in [5.74, 6) is 0. The number of fused-ring (bicyclic) bond motifs is 18. The van der Waals surface area contributed by atoms with Crippen molar-refractivity contribution in [3.05, 3.63) is 164 Å². The van der Waals surface area contributed by atoms with Crippen molar-refractivity contribution in [1.82, 2.24) is 19.5 Å². The summed E-state index contributed by atoms with van der Waals surface area (Å²) in [5, 5.41) is 20.0. The van der Waals surface area contributed by atoms with Crippen LogP contribution in [0.4, 0.5) is 0 Å². The summed E-state index contributed by atoms with van der Waals surface area (Å²) < 4.78 is 2.48. The van der Waals surface area contributed by atoms with Crippen LogP contribution >= 0.6 is 0 Å². The smallest absolute Gasteiger partial charge is 0.0562 e. The van der Waals surface area contributed by atoms with E-state index in [1.54, 1.807) is 0 Å². The molecule has 0 unspecified atom stereocenters. The number of nitrogens with zero attached hydrogens (tertiary/aromatic N) is 1. The van der Waals surface area contributed by atoms with Gasteiger partial charge in [-0.05, 0) is 116 Å². The molecule has 0 aliphatic rings. The lowest BCUT2D eigenvalue weighted by Gasteiger charge is -2.11. The Balaban J connectivity index is 1.07. The van der Waals surface area contributed by atoms with Crippen molar-refractivity contribution in [3.8, 4) is 5.69 Å². The first-order valence-electron chi connectivity index (χ1n) is 19.3.